The van der Waals surface area contributed by atoms with E-state index in [4.69, 9.17) is 4.74 Å². The molecule has 0 spiro atoms. The Balaban J connectivity index is 1.70. The van der Waals surface area contributed by atoms with E-state index in [1.807, 2.05) is 22.9 Å². The molecule has 0 bridgehead atoms. The predicted octanol–water partition coefficient (Wildman–Crippen LogP) is 5.34. The summed E-state index contributed by atoms with van der Waals surface area (Å²) in [5.74, 6) is 0.724. The smallest absolute Gasteiger partial charge is 0.237 e. The Morgan fingerprint density at radius 3 is 2.55 bits per heavy atom. The largest absolute Gasteiger partial charge is 0.490 e. The molecule has 5 nitrogen and oxygen atoms in total. The molecule has 0 aromatic heterocycles. The van der Waals surface area contributed by atoms with Gasteiger partial charge in [0.05, 0.1) is 18.8 Å². The zero-order valence-corrected chi connectivity index (χ0v) is 20.1. The summed E-state index contributed by atoms with van der Waals surface area (Å²) in [6.07, 6.45) is 8.28. The zero-order chi connectivity index (χ0) is 23.6. The second-order valence-electron chi connectivity index (χ2n) is 9.46. The number of sulfonamides is 1. The number of carbonyl (C=O) groups is 1. The van der Waals surface area contributed by atoms with Crippen molar-refractivity contribution in [3.05, 3.63) is 53.3 Å². The number of halogens is 1. The van der Waals surface area contributed by atoms with E-state index in [0.29, 0.717) is 22.8 Å². The highest BCUT2D eigenvalue weighted by Gasteiger charge is 2.29. The Kier molecular flexibility index (Phi) is 7.07. The molecule has 2 fully saturated rings. The zero-order valence-electron chi connectivity index (χ0n) is 19.3. The fourth-order valence-corrected chi connectivity index (χ4v) is 5.48. The van der Waals surface area contributed by atoms with E-state index in [0.717, 1.165) is 62.3 Å². The minimum absolute atomic E-state index is 0.0875. The molecule has 7 heteroatoms. The molecule has 2 aromatic carbocycles. The van der Waals surface area contributed by atoms with E-state index in [1.54, 1.807) is 12.1 Å². The molecule has 2 aliphatic rings. The van der Waals surface area contributed by atoms with Gasteiger partial charge in [-0.15, -0.1) is 0 Å². The van der Waals surface area contributed by atoms with Crippen LogP contribution in [0.25, 0.3) is 11.1 Å². The molecule has 1 amide bonds. The van der Waals surface area contributed by atoms with Crippen LogP contribution in [0.2, 0.25) is 0 Å². The van der Waals surface area contributed by atoms with Gasteiger partial charge in [-0.05, 0) is 78.8 Å². The lowest BCUT2D eigenvalue weighted by molar-refractivity contribution is -0.118. The van der Waals surface area contributed by atoms with Gasteiger partial charge in [-0.2, -0.15) is 0 Å². The van der Waals surface area contributed by atoms with Crippen molar-refractivity contribution in [1.29, 1.82) is 0 Å². The van der Waals surface area contributed by atoms with E-state index < -0.39 is 15.9 Å². The first kappa shape index (κ1) is 23.7. The van der Waals surface area contributed by atoms with E-state index in [1.165, 1.54) is 6.07 Å². The van der Waals surface area contributed by atoms with Crippen LogP contribution in [-0.4, -0.2) is 26.7 Å². The van der Waals surface area contributed by atoms with Crippen molar-refractivity contribution in [1.82, 2.24) is 4.72 Å². The number of hydrogen-bond donors (Lipinski definition) is 1. The van der Waals surface area contributed by atoms with Gasteiger partial charge in [-0.3, -0.25) is 9.52 Å². The normalized spacial score (nSPS) is 20.9. The van der Waals surface area contributed by atoms with Crippen molar-refractivity contribution in [2.45, 2.75) is 70.3 Å². The molecule has 178 valence electrons. The summed E-state index contributed by atoms with van der Waals surface area (Å²) in [5.41, 5.74) is 2.93. The molecule has 2 atom stereocenters. The molecule has 0 heterocycles. The number of rotatable bonds is 8. The summed E-state index contributed by atoms with van der Waals surface area (Å²) >= 11 is 0. The average Bonchev–Trinajstić information content (AvgIpc) is 3.15. The fourth-order valence-electron chi connectivity index (χ4n) is 5.00. The summed E-state index contributed by atoms with van der Waals surface area (Å²) in [6.45, 7) is 2.20. The summed E-state index contributed by atoms with van der Waals surface area (Å²) in [6, 6.07) is 10.6. The third-order valence-corrected chi connectivity index (χ3v) is 7.53. The molecule has 0 saturated heterocycles. The highest BCUT2D eigenvalue weighted by molar-refractivity contribution is 7.89. The summed E-state index contributed by atoms with van der Waals surface area (Å²) in [7, 11) is -3.63. The Bertz CT molecular complexity index is 1130. The maximum absolute atomic E-state index is 15.0. The van der Waals surface area contributed by atoms with Crippen molar-refractivity contribution in [3.63, 3.8) is 0 Å². The number of carbonyl (C=O) groups excluding carboxylic acids is 1. The third kappa shape index (κ3) is 5.75. The Morgan fingerprint density at radius 1 is 1.12 bits per heavy atom. The molecule has 0 radical (unpaired) electrons. The summed E-state index contributed by atoms with van der Waals surface area (Å²) in [4.78, 5) is 12.2. The van der Waals surface area contributed by atoms with Gasteiger partial charge in [0.25, 0.3) is 0 Å². The molecule has 2 aromatic rings. The number of ether oxygens (including phenoxy) is 1. The molecule has 0 unspecified atom stereocenters. The first-order valence-electron chi connectivity index (χ1n) is 11.8. The monoisotopic (exact) mass is 473 g/mol. The minimum atomic E-state index is -3.63. The highest BCUT2D eigenvalue weighted by Crippen LogP contribution is 2.45. The van der Waals surface area contributed by atoms with Crippen LogP contribution in [0.5, 0.6) is 5.75 Å². The lowest BCUT2D eigenvalue weighted by atomic mass is 9.76. The van der Waals surface area contributed by atoms with Gasteiger partial charge < -0.3 is 4.74 Å². The standard InChI is InChI=1S/C26H32FNO4S/c1-3-17-10-12-20(14-17)32-24-13-11-18(16-25(29)28-33(2,30)31)15-22(24)21-8-5-9-23(27)26(21)19-6-4-7-19/h5,8-9,11,13,15,17,19-20H,3-4,6-7,10,12,14,16H2,1-2H3,(H,28,29)/t17-,20-/m1/s1. The molecular weight excluding hydrogens is 441 g/mol. The van der Waals surface area contributed by atoms with Crippen LogP contribution in [-0.2, 0) is 21.2 Å². The predicted molar refractivity (Wildman–Crippen MR) is 127 cm³/mol. The maximum atomic E-state index is 15.0. The molecular formula is C26H32FNO4S. The first-order chi connectivity index (χ1) is 15.7. The Labute approximate surface area is 195 Å². The number of benzene rings is 2. The van der Waals surface area contributed by atoms with E-state index in [2.05, 4.69) is 6.92 Å². The lowest BCUT2D eigenvalue weighted by Crippen LogP contribution is -2.30. The Morgan fingerprint density at radius 2 is 1.91 bits per heavy atom. The van der Waals surface area contributed by atoms with Gasteiger partial charge in [-0.25, -0.2) is 12.8 Å². The van der Waals surface area contributed by atoms with Crippen LogP contribution in [0.15, 0.2) is 36.4 Å². The van der Waals surface area contributed by atoms with E-state index in [-0.39, 0.29) is 24.3 Å². The van der Waals surface area contributed by atoms with Crippen LogP contribution in [0.1, 0.15) is 68.9 Å². The Hall–Kier alpha value is -2.41. The van der Waals surface area contributed by atoms with Crippen LogP contribution < -0.4 is 9.46 Å². The molecule has 33 heavy (non-hydrogen) atoms. The first-order valence-corrected chi connectivity index (χ1v) is 13.7. The van der Waals surface area contributed by atoms with Crippen molar-refractivity contribution in [2.24, 2.45) is 5.92 Å². The maximum Gasteiger partial charge on any atom is 0.237 e. The SMILES string of the molecule is CC[C@@H]1CC[C@@H](Oc2ccc(CC(=O)NS(C)(=O)=O)cc2-c2cccc(F)c2C2CCC2)C1. The average molecular weight is 474 g/mol. The molecule has 2 saturated carbocycles. The number of amides is 1. The van der Waals surface area contributed by atoms with Crippen molar-refractivity contribution in [3.8, 4) is 16.9 Å². The topological polar surface area (TPSA) is 72.5 Å². The van der Waals surface area contributed by atoms with Crippen LogP contribution in [0, 0.1) is 11.7 Å². The van der Waals surface area contributed by atoms with Gasteiger partial charge in [0.15, 0.2) is 0 Å². The molecule has 2 aliphatic carbocycles. The van der Waals surface area contributed by atoms with Crippen molar-refractivity contribution >= 4 is 15.9 Å². The van der Waals surface area contributed by atoms with E-state index >= 15 is 0 Å². The third-order valence-electron chi connectivity index (χ3n) is 6.93. The number of hydrogen-bond acceptors (Lipinski definition) is 4. The molecule has 0 aliphatic heterocycles. The van der Waals surface area contributed by atoms with Gasteiger partial charge >= 0.3 is 0 Å². The molecule has 4 rings (SSSR count). The van der Waals surface area contributed by atoms with Gasteiger partial charge in [0.2, 0.25) is 15.9 Å². The second-order valence-corrected chi connectivity index (χ2v) is 11.2. The van der Waals surface area contributed by atoms with Crippen LogP contribution >= 0.6 is 0 Å². The molecule has 1 N–H and O–H groups in total. The van der Waals surface area contributed by atoms with Gasteiger partial charge in [-0.1, -0.05) is 38.0 Å². The van der Waals surface area contributed by atoms with Gasteiger partial charge in [0.1, 0.15) is 11.6 Å². The number of nitrogens with one attached hydrogen (secondary N) is 1. The van der Waals surface area contributed by atoms with Crippen molar-refractivity contribution < 1.29 is 22.3 Å². The highest BCUT2D eigenvalue weighted by atomic mass is 32.2. The fraction of sp³-hybridized carbons (Fsp3) is 0.500. The minimum Gasteiger partial charge on any atom is -0.490 e. The van der Waals surface area contributed by atoms with Crippen LogP contribution in [0.4, 0.5) is 4.39 Å². The second kappa shape index (κ2) is 9.84. The van der Waals surface area contributed by atoms with Crippen molar-refractivity contribution in [2.75, 3.05) is 6.26 Å². The van der Waals surface area contributed by atoms with Gasteiger partial charge in [0, 0.05) is 5.56 Å². The lowest BCUT2D eigenvalue weighted by Gasteiger charge is -2.29. The van der Waals surface area contributed by atoms with E-state index in [9.17, 15) is 17.6 Å². The summed E-state index contributed by atoms with van der Waals surface area (Å²) < 4.78 is 46.3. The summed E-state index contributed by atoms with van der Waals surface area (Å²) in [5, 5.41) is 0. The quantitative estimate of drug-likeness (QED) is 0.562. The van der Waals surface area contributed by atoms with Crippen LogP contribution in [0.3, 0.4) is 0 Å².